The molecule has 0 saturated heterocycles. The third-order valence-electron chi connectivity index (χ3n) is 5.47. The fourth-order valence-corrected chi connectivity index (χ4v) is 3.72. The van der Waals surface area contributed by atoms with Gasteiger partial charge in [-0.3, -0.25) is 14.4 Å². The molecule has 3 rings (SSSR count). The topological polar surface area (TPSA) is 149 Å². The Hall–Kier alpha value is -5.32. The summed E-state index contributed by atoms with van der Waals surface area (Å²) < 4.78 is 26.3. The van der Waals surface area contributed by atoms with Crippen LogP contribution in [0, 0.1) is 0 Å². The fourth-order valence-electron chi connectivity index (χ4n) is 3.72. The van der Waals surface area contributed by atoms with Gasteiger partial charge in [-0.05, 0) is 42.8 Å². The molecule has 0 spiro atoms. The monoisotopic (exact) mass is 576 g/mol. The Balaban J connectivity index is 1.81. The van der Waals surface area contributed by atoms with Crippen LogP contribution in [0.1, 0.15) is 57.4 Å². The Morgan fingerprint density at radius 2 is 1.00 bits per heavy atom. The van der Waals surface area contributed by atoms with Crippen molar-refractivity contribution < 1.29 is 52.5 Å². The van der Waals surface area contributed by atoms with Crippen molar-refractivity contribution in [2.24, 2.45) is 0 Å². The summed E-state index contributed by atoms with van der Waals surface area (Å²) in [5.74, 6) is -4.19. The van der Waals surface area contributed by atoms with Gasteiger partial charge in [0, 0.05) is 20.3 Å². The molecule has 218 valence electrons. The third kappa shape index (κ3) is 9.12. The van der Waals surface area contributed by atoms with Crippen molar-refractivity contribution in [1.82, 2.24) is 0 Å². The van der Waals surface area contributed by atoms with Crippen molar-refractivity contribution in [3.63, 3.8) is 0 Å². The number of rotatable bonds is 12. The van der Waals surface area contributed by atoms with Crippen LogP contribution in [0.15, 0.2) is 72.8 Å². The van der Waals surface area contributed by atoms with E-state index in [-0.39, 0.29) is 40.4 Å². The van der Waals surface area contributed by atoms with Gasteiger partial charge in [0.05, 0.1) is 5.56 Å². The van der Waals surface area contributed by atoms with Crippen LogP contribution in [-0.4, -0.2) is 54.9 Å². The minimum atomic E-state index is -1.31. The predicted octanol–water partition coefficient (Wildman–Crippen LogP) is 3.91. The summed E-state index contributed by atoms with van der Waals surface area (Å²) in [6, 6.07) is 18.1. The van der Waals surface area contributed by atoms with Gasteiger partial charge in [-0.1, -0.05) is 42.5 Å². The zero-order valence-electron chi connectivity index (χ0n) is 23.1. The highest BCUT2D eigenvalue weighted by molar-refractivity contribution is 5.95. The molecule has 0 amide bonds. The highest BCUT2D eigenvalue weighted by Crippen LogP contribution is 2.22. The molecule has 0 aliphatic heterocycles. The molecule has 0 saturated carbocycles. The smallest absolute Gasteiger partial charge is 0.342 e. The van der Waals surface area contributed by atoms with E-state index < -0.39 is 49.2 Å². The first-order valence-electron chi connectivity index (χ1n) is 12.7. The number of para-hydroxylation sites is 2. The molecule has 1 unspecified atom stereocenters. The number of esters is 5. The van der Waals surface area contributed by atoms with E-state index in [9.17, 15) is 28.8 Å². The largest absolute Gasteiger partial charge is 0.458 e. The second kappa shape index (κ2) is 14.9. The normalized spacial score (nSPS) is 11.0. The first-order valence-corrected chi connectivity index (χ1v) is 12.7. The summed E-state index contributed by atoms with van der Waals surface area (Å²) in [5, 5.41) is 0. The average Bonchev–Trinajstić information content (AvgIpc) is 2.94. The minimum absolute atomic E-state index is 0.00990. The number of hydrogen-bond acceptors (Lipinski definition) is 11. The second-order valence-corrected chi connectivity index (χ2v) is 8.94. The summed E-state index contributed by atoms with van der Waals surface area (Å²) in [6.07, 6.45) is -1.30. The van der Waals surface area contributed by atoms with Crippen molar-refractivity contribution in [3.05, 3.63) is 95.1 Å². The number of hydrogen-bond donors (Lipinski definition) is 0. The van der Waals surface area contributed by atoms with Crippen molar-refractivity contribution in [1.29, 1.82) is 0 Å². The quantitative estimate of drug-likeness (QED) is 0.175. The van der Waals surface area contributed by atoms with Crippen LogP contribution >= 0.6 is 0 Å². The summed E-state index contributed by atoms with van der Waals surface area (Å²) in [5.41, 5.74) is 0.438. The molecular weight excluding hydrogens is 548 g/mol. The van der Waals surface area contributed by atoms with Crippen molar-refractivity contribution in [2.75, 3.05) is 13.2 Å². The van der Waals surface area contributed by atoms with Gasteiger partial charge in [-0.15, -0.1) is 0 Å². The molecule has 0 radical (unpaired) electrons. The second-order valence-electron chi connectivity index (χ2n) is 8.94. The highest BCUT2D eigenvalue weighted by atomic mass is 16.6. The lowest BCUT2D eigenvalue weighted by molar-refractivity contribution is -0.132. The Morgan fingerprint density at radius 3 is 1.50 bits per heavy atom. The zero-order chi connectivity index (χ0) is 30.6. The van der Waals surface area contributed by atoms with Crippen molar-refractivity contribution >= 4 is 35.6 Å². The first-order chi connectivity index (χ1) is 20.0. The predicted molar refractivity (Wildman–Crippen MR) is 146 cm³/mol. The highest BCUT2D eigenvalue weighted by Gasteiger charge is 2.25. The standard InChI is InChI=1S/C31H28O11/c1-19(32)16-22-10-4-5-11-24(22)29(35)38-17-23(42-31(37)26-13-7-9-15-28(26)41-21(3)34)18-39-30(36)25-12-6-8-14-27(25)40-20(2)33/h4-15,23H,16-18H2,1-3H3. The maximum absolute atomic E-state index is 13.0. The van der Waals surface area contributed by atoms with Crippen molar-refractivity contribution in [3.8, 4) is 11.5 Å². The van der Waals surface area contributed by atoms with Crippen LogP contribution in [0.2, 0.25) is 0 Å². The van der Waals surface area contributed by atoms with Gasteiger partial charge >= 0.3 is 29.8 Å². The minimum Gasteiger partial charge on any atom is -0.458 e. The third-order valence-corrected chi connectivity index (χ3v) is 5.47. The SMILES string of the molecule is CC(=O)Cc1ccccc1C(=O)OCC(COC(=O)c1ccccc1OC(C)=O)OC(=O)c1ccccc1OC(C)=O. The molecular formula is C31H28O11. The van der Waals surface area contributed by atoms with Crippen LogP contribution in [0.25, 0.3) is 0 Å². The van der Waals surface area contributed by atoms with Gasteiger partial charge < -0.3 is 23.7 Å². The van der Waals surface area contributed by atoms with Crippen LogP contribution < -0.4 is 9.47 Å². The molecule has 3 aromatic carbocycles. The Kier molecular flexibility index (Phi) is 11.1. The van der Waals surface area contributed by atoms with Crippen LogP contribution in [0.5, 0.6) is 11.5 Å². The Morgan fingerprint density at radius 1 is 0.571 bits per heavy atom. The van der Waals surface area contributed by atoms with Gasteiger partial charge in [0.2, 0.25) is 0 Å². The number of ketones is 1. The molecule has 0 bridgehead atoms. The molecule has 42 heavy (non-hydrogen) atoms. The number of carbonyl (C=O) groups excluding carboxylic acids is 6. The van der Waals surface area contributed by atoms with Gasteiger partial charge in [-0.25, -0.2) is 14.4 Å². The summed E-state index contributed by atoms with van der Waals surface area (Å²) in [4.78, 5) is 73.3. The molecule has 0 aliphatic rings. The fraction of sp³-hybridized carbons (Fsp3) is 0.226. The summed E-state index contributed by atoms with van der Waals surface area (Å²) in [6.45, 7) is 2.64. The van der Waals surface area contributed by atoms with Crippen LogP contribution in [-0.2, 0) is 35.0 Å². The van der Waals surface area contributed by atoms with E-state index in [1.165, 1.54) is 63.2 Å². The molecule has 1 atom stereocenters. The van der Waals surface area contributed by atoms with Gasteiger partial charge in [0.25, 0.3) is 0 Å². The molecule has 0 aliphatic carbocycles. The molecule has 11 nitrogen and oxygen atoms in total. The molecule has 0 fully saturated rings. The van der Waals surface area contributed by atoms with Gasteiger partial charge in [-0.2, -0.15) is 0 Å². The van der Waals surface area contributed by atoms with E-state index in [2.05, 4.69) is 0 Å². The lowest BCUT2D eigenvalue weighted by Crippen LogP contribution is -2.31. The Bertz CT molecular complexity index is 1420. The summed E-state index contributed by atoms with van der Waals surface area (Å²) >= 11 is 0. The Labute approximate surface area is 241 Å². The van der Waals surface area contributed by atoms with Crippen LogP contribution in [0.4, 0.5) is 0 Å². The maximum Gasteiger partial charge on any atom is 0.342 e. The van der Waals surface area contributed by atoms with Crippen LogP contribution in [0.3, 0.4) is 0 Å². The lowest BCUT2D eigenvalue weighted by atomic mass is 10.0. The lowest BCUT2D eigenvalue weighted by Gasteiger charge is -2.19. The number of carbonyl (C=O) groups is 6. The van der Waals surface area contributed by atoms with E-state index in [1.54, 1.807) is 30.3 Å². The van der Waals surface area contributed by atoms with E-state index in [0.717, 1.165) is 0 Å². The molecule has 0 aromatic heterocycles. The van der Waals surface area contributed by atoms with Gasteiger partial charge in [0.1, 0.15) is 41.6 Å². The molecule has 0 heterocycles. The molecule has 11 heteroatoms. The van der Waals surface area contributed by atoms with E-state index in [1.807, 2.05) is 0 Å². The van der Waals surface area contributed by atoms with E-state index >= 15 is 0 Å². The van der Waals surface area contributed by atoms with Gasteiger partial charge in [0.15, 0.2) is 6.10 Å². The zero-order valence-corrected chi connectivity index (χ0v) is 23.1. The summed E-state index contributed by atoms with van der Waals surface area (Å²) in [7, 11) is 0. The number of ether oxygens (including phenoxy) is 5. The van der Waals surface area contributed by atoms with E-state index in [0.29, 0.717) is 5.56 Å². The number of Topliss-reactive ketones (excluding diaryl/α,β-unsaturated/α-hetero) is 1. The maximum atomic E-state index is 13.0. The van der Waals surface area contributed by atoms with E-state index in [4.69, 9.17) is 23.7 Å². The first kappa shape index (κ1) is 31.2. The number of benzene rings is 3. The molecule has 0 N–H and O–H groups in total. The van der Waals surface area contributed by atoms with Crippen molar-refractivity contribution in [2.45, 2.75) is 33.3 Å². The average molecular weight is 577 g/mol. The molecule has 3 aromatic rings.